The molecule has 3 aromatic rings. The Hall–Kier alpha value is -2.86. The van der Waals surface area contributed by atoms with Gasteiger partial charge in [0.15, 0.2) is 5.11 Å². The van der Waals surface area contributed by atoms with Crippen molar-refractivity contribution in [2.75, 3.05) is 12.0 Å². The van der Waals surface area contributed by atoms with Crippen molar-refractivity contribution in [1.82, 2.24) is 14.9 Å². The second-order valence-corrected chi connectivity index (χ2v) is 8.60. The van der Waals surface area contributed by atoms with Gasteiger partial charge in [-0.25, -0.2) is 0 Å². The normalized spacial score (nSPS) is 19.3. The van der Waals surface area contributed by atoms with Gasteiger partial charge in [0.2, 0.25) is 0 Å². The zero-order chi connectivity index (χ0) is 20.6. The first-order valence-corrected chi connectivity index (χ1v) is 10.1. The minimum absolute atomic E-state index is 0.00519. The minimum Gasteiger partial charge on any atom is -0.497 e. The van der Waals surface area contributed by atoms with Crippen LogP contribution in [0.2, 0.25) is 0 Å². The SMILES string of the molecule is COc1ccc(N2C(=S)N[C@@H](c3ccccn3)[C@@H]2c2ccn(C(C)(C)C)c2)cc1. The van der Waals surface area contributed by atoms with Gasteiger partial charge in [-0.3, -0.25) is 4.98 Å². The predicted molar refractivity (Wildman–Crippen MR) is 120 cm³/mol. The van der Waals surface area contributed by atoms with Gasteiger partial charge in [0.25, 0.3) is 0 Å². The van der Waals surface area contributed by atoms with Crippen molar-refractivity contribution in [3.63, 3.8) is 0 Å². The van der Waals surface area contributed by atoms with Gasteiger partial charge in [-0.05, 0) is 81.0 Å². The van der Waals surface area contributed by atoms with Gasteiger partial charge in [0, 0.05) is 29.8 Å². The number of nitrogens with one attached hydrogen (secondary N) is 1. The van der Waals surface area contributed by atoms with Crippen molar-refractivity contribution in [3.8, 4) is 5.75 Å². The number of aromatic nitrogens is 2. The van der Waals surface area contributed by atoms with E-state index in [-0.39, 0.29) is 17.6 Å². The number of thiocarbonyl (C=S) groups is 1. The molecule has 0 unspecified atom stereocenters. The van der Waals surface area contributed by atoms with Gasteiger partial charge in [0.05, 0.1) is 24.9 Å². The van der Waals surface area contributed by atoms with Crippen LogP contribution in [0.25, 0.3) is 0 Å². The third kappa shape index (κ3) is 3.72. The molecule has 0 saturated carbocycles. The Morgan fingerprint density at radius 1 is 1.07 bits per heavy atom. The fraction of sp³-hybridized carbons (Fsp3) is 0.304. The lowest BCUT2D eigenvalue weighted by molar-refractivity contribution is 0.397. The number of rotatable bonds is 4. The lowest BCUT2D eigenvalue weighted by Gasteiger charge is -2.28. The number of nitrogens with zero attached hydrogens (tertiary/aromatic N) is 3. The Morgan fingerprint density at radius 3 is 2.41 bits per heavy atom. The van der Waals surface area contributed by atoms with Crippen LogP contribution in [0.5, 0.6) is 5.75 Å². The maximum absolute atomic E-state index is 5.77. The van der Waals surface area contributed by atoms with E-state index in [1.165, 1.54) is 5.56 Å². The number of pyridine rings is 1. The average molecular weight is 407 g/mol. The van der Waals surface area contributed by atoms with E-state index in [4.69, 9.17) is 17.0 Å². The van der Waals surface area contributed by atoms with Crippen LogP contribution in [0.15, 0.2) is 67.1 Å². The summed E-state index contributed by atoms with van der Waals surface area (Å²) < 4.78 is 7.56. The molecule has 2 aromatic heterocycles. The van der Waals surface area contributed by atoms with E-state index in [1.54, 1.807) is 7.11 Å². The first kappa shape index (κ1) is 19.5. The topological polar surface area (TPSA) is 42.3 Å². The second kappa shape index (κ2) is 7.52. The smallest absolute Gasteiger partial charge is 0.174 e. The van der Waals surface area contributed by atoms with E-state index in [2.05, 4.69) is 59.0 Å². The summed E-state index contributed by atoms with van der Waals surface area (Å²) in [4.78, 5) is 6.78. The van der Waals surface area contributed by atoms with Gasteiger partial charge in [0.1, 0.15) is 5.75 Å². The highest BCUT2D eigenvalue weighted by Gasteiger charge is 2.41. The van der Waals surface area contributed by atoms with Crippen molar-refractivity contribution < 1.29 is 4.74 Å². The van der Waals surface area contributed by atoms with Crippen molar-refractivity contribution in [2.45, 2.75) is 38.4 Å². The van der Waals surface area contributed by atoms with Gasteiger partial charge >= 0.3 is 0 Å². The molecule has 1 aliphatic rings. The van der Waals surface area contributed by atoms with Crippen LogP contribution < -0.4 is 15.0 Å². The molecule has 3 heterocycles. The Morgan fingerprint density at radius 2 is 1.83 bits per heavy atom. The molecule has 0 bridgehead atoms. The third-order valence-electron chi connectivity index (χ3n) is 5.28. The Bertz CT molecular complexity index is 992. The quantitative estimate of drug-likeness (QED) is 0.629. The van der Waals surface area contributed by atoms with Crippen LogP contribution in [-0.2, 0) is 5.54 Å². The van der Waals surface area contributed by atoms with Crippen molar-refractivity contribution in [2.24, 2.45) is 0 Å². The zero-order valence-electron chi connectivity index (χ0n) is 17.2. The molecular formula is C23H26N4OS. The third-order valence-corrected chi connectivity index (χ3v) is 5.60. The molecule has 6 heteroatoms. The van der Waals surface area contributed by atoms with Crippen molar-refractivity contribution in [3.05, 3.63) is 78.4 Å². The van der Waals surface area contributed by atoms with Gasteiger partial charge < -0.3 is 19.5 Å². The highest BCUT2D eigenvalue weighted by atomic mass is 32.1. The molecule has 0 spiro atoms. The Balaban J connectivity index is 1.80. The van der Waals surface area contributed by atoms with Crippen molar-refractivity contribution in [1.29, 1.82) is 0 Å². The standard InChI is InChI=1S/C23H26N4OS/c1-23(2,3)26-14-12-16(15-26)21-20(19-7-5-6-13-24-19)25-22(29)27(21)17-8-10-18(28-4)11-9-17/h5-15,20-21H,1-4H3,(H,25,29)/t20-,21-/m0/s1. The van der Waals surface area contributed by atoms with E-state index in [0.29, 0.717) is 5.11 Å². The van der Waals surface area contributed by atoms with Gasteiger partial charge in [-0.1, -0.05) is 6.07 Å². The van der Waals surface area contributed by atoms with Crippen LogP contribution in [0, 0.1) is 0 Å². The van der Waals surface area contributed by atoms with Crippen molar-refractivity contribution >= 4 is 23.0 Å². The largest absolute Gasteiger partial charge is 0.497 e. The molecule has 29 heavy (non-hydrogen) atoms. The summed E-state index contributed by atoms with van der Waals surface area (Å²) in [5.74, 6) is 0.823. The first-order chi connectivity index (χ1) is 13.9. The van der Waals surface area contributed by atoms with E-state index in [1.807, 2.05) is 48.7 Å². The Kier molecular flexibility index (Phi) is 5.04. The highest BCUT2D eigenvalue weighted by molar-refractivity contribution is 7.80. The lowest BCUT2D eigenvalue weighted by atomic mass is 9.98. The molecular weight excluding hydrogens is 380 g/mol. The molecule has 1 saturated heterocycles. The van der Waals surface area contributed by atoms with E-state index in [9.17, 15) is 0 Å². The van der Waals surface area contributed by atoms with Gasteiger partial charge in [-0.2, -0.15) is 0 Å². The van der Waals surface area contributed by atoms with E-state index < -0.39 is 0 Å². The number of benzene rings is 1. The monoisotopic (exact) mass is 406 g/mol. The molecule has 1 aliphatic heterocycles. The summed E-state index contributed by atoms with van der Waals surface area (Å²) >= 11 is 5.77. The molecule has 1 N–H and O–H groups in total. The van der Waals surface area contributed by atoms with E-state index >= 15 is 0 Å². The molecule has 0 amide bonds. The Labute approximate surface area is 177 Å². The molecule has 150 valence electrons. The highest BCUT2D eigenvalue weighted by Crippen LogP contribution is 2.42. The number of anilines is 1. The summed E-state index contributed by atoms with van der Waals surface area (Å²) in [7, 11) is 1.67. The average Bonchev–Trinajstić information content (AvgIpc) is 3.33. The summed E-state index contributed by atoms with van der Waals surface area (Å²) in [6, 6.07) is 16.1. The summed E-state index contributed by atoms with van der Waals surface area (Å²) in [6.07, 6.45) is 6.18. The van der Waals surface area contributed by atoms with Crippen LogP contribution in [0.4, 0.5) is 5.69 Å². The molecule has 4 rings (SSSR count). The number of hydrogen-bond acceptors (Lipinski definition) is 3. The maximum atomic E-state index is 5.77. The molecule has 0 radical (unpaired) electrons. The number of hydrogen-bond donors (Lipinski definition) is 1. The molecule has 1 aromatic carbocycles. The summed E-state index contributed by atoms with van der Waals surface area (Å²) in [5, 5.41) is 4.19. The van der Waals surface area contributed by atoms with Gasteiger partial charge in [-0.15, -0.1) is 0 Å². The van der Waals surface area contributed by atoms with E-state index in [0.717, 1.165) is 17.1 Å². The van der Waals surface area contributed by atoms with Crippen LogP contribution in [0.1, 0.15) is 44.1 Å². The lowest BCUT2D eigenvalue weighted by Crippen LogP contribution is -2.29. The van der Waals surface area contributed by atoms with Crippen LogP contribution >= 0.6 is 12.2 Å². The van der Waals surface area contributed by atoms with Crippen LogP contribution in [0.3, 0.4) is 0 Å². The number of methoxy groups -OCH3 is 1. The minimum atomic E-state index is -0.0402. The maximum Gasteiger partial charge on any atom is 0.174 e. The van der Waals surface area contributed by atoms with Crippen LogP contribution in [-0.4, -0.2) is 21.8 Å². The first-order valence-electron chi connectivity index (χ1n) is 9.71. The molecule has 0 aliphatic carbocycles. The predicted octanol–water partition coefficient (Wildman–Crippen LogP) is 4.82. The second-order valence-electron chi connectivity index (χ2n) is 8.22. The molecule has 2 atom stereocenters. The number of ether oxygens (including phenoxy) is 1. The summed E-state index contributed by atoms with van der Waals surface area (Å²) in [5.41, 5.74) is 3.20. The molecule has 1 fully saturated rings. The fourth-order valence-electron chi connectivity index (χ4n) is 3.72. The zero-order valence-corrected chi connectivity index (χ0v) is 18.0. The fourth-order valence-corrected chi connectivity index (χ4v) is 4.07. The summed E-state index contributed by atoms with van der Waals surface area (Å²) in [6.45, 7) is 6.60. The molecule has 5 nitrogen and oxygen atoms in total.